The van der Waals surface area contributed by atoms with Gasteiger partial charge in [-0.3, -0.25) is 4.98 Å². The second-order valence-corrected chi connectivity index (χ2v) is 5.33. The van der Waals surface area contributed by atoms with Gasteiger partial charge in [0.15, 0.2) is 0 Å². The van der Waals surface area contributed by atoms with Crippen molar-refractivity contribution in [3.8, 4) is 11.3 Å². The van der Waals surface area contributed by atoms with Crippen LogP contribution in [0.25, 0.3) is 22.0 Å². The summed E-state index contributed by atoms with van der Waals surface area (Å²) in [5.74, 6) is -0.342. The van der Waals surface area contributed by atoms with E-state index in [0.717, 1.165) is 27.8 Å². The molecule has 0 aliphatic carbocycles. The van der Waals surface area contributed by atoms with Gasteiger partial charge in [-0.1, -0.05) is 22.7 Å². The van der Waals surface area contributed by atoms with Crippen molar-refractivity contribution in [2.24, 2.45) is 0 Å². The van der Waals surface area contributed by atoms with Crippen LogP contribution in [0, 0.1) is 19.7 Å². The summed E-state index contributed by atoms with van der Waals surface area (Å²) in [6.07, 6.45) is 0. The van der Waals surface area contributed by atoms with Crippen molar-refractivity contribution in [2.45, 2.75) is 13.8 Å². The lowest BCUT2D eigenvalue weighted by atomic mass is 9.80. The minimum Gasteiger partial charge on any atom is -0.264 e. The molecule has 0 atom stereocenters. The summed E-state index contributed by atoms with van der Waals surface area (Å²) in [5.41, 5.74) is 4.49. The molecule has 4 heteroatoms. The molecule has 4 radical (unpaired) electrons. The van der Waals surface area contributed by atoms with Gasteiger partial charge in [-0.05, 0) is 55.2 Å². The zero-order valence-corrected chi connectivity index (χ0v) is 11.9. The number of aryl methyl sites for hydroxylation is 2. The lowest BCUT2D eigenvalue weighted by Gasteiger charge is -2.13. The highest BCUT2D eigenvalue weighted by molar-refractivity contribution is 6.52. The Labute approximate surface area is 126 Å². The van der Waals surface area contributed by atoms with Gasteiger partial charge in [0.1, 0.15) is 21.5 Å². The van der Waals surface area contributed by atoms with E-state index in [0.29, 0.717) is 10.8 Å². The van der Waals surface area contributed by atoms with E-state index in [2.05, 4.69) is 11.1 Å². The molecule has 1 aromatic heterocycles. The zero-order chi connectivity index (χ0) is 15.1. The topological polar surface area (TPSA) is 12.9 Å². The molecule has 0 saturated carbocycles. The van der Waals surface area contributed by atoms with Gasteiger partial charge in [0.2, 0.25) is 0 Å². The van der Waals surface area contributed by atoms with Crippen molar-refractivity contribution >= 4 is 37.5 Å². The molecule has 0 unspecified atom stereocenters. The third-order valence-corrected chi connectivity index (χ3v) is 3.53. The Balaban J connectivity index is 2.39. The van der Waals surface area contributed by atoms with Crippen molar-refractivity contribution < 1.29 is 4.39 Å². The number of hydrogen-bond donors (Lipinski definition) is 0. The molecule has 0 spiro atoms. The van der Waals surface area contributed by atoms with Crippen LogP contribution >= 0.6 is 0 Å². The van der Waals surface area contributed by atoms with E-state index in [1.807, 2.05) is 26.0 Å². The molecule has 0 amide bonds. The second kappa shape index (κ2) is 5.03. The molecule has 3 aromatic rings. The van der Waals surface area contributed by atoms with Crippen LogP contribution in [0.2, 0.25) is 0 Å². The van der Waals surface area contributed by atoms with Crippen LogP contribution < -0.4 is 11.1 Å². The van der Waals surface area contributed by atoms with Gasteiger partial charge in [-0.15, -0.1) is 0 Å². The number of halogens is 1. The Bertz CT molecular complexity index is 839. The Morgan fingerprint density at radius 2 is 1.57 bits per heavy atom. The molecule has 21 heavy (non-hydrogen) atoms. The van der Waals surface area contributed by atoms with E-state index in [9.17, 15) is 4.39 Å². The highest BCUT2D eigenvalue weighted by atomic mass is 19.1. The van der Waals surface area contributed by atoms with Gasteiger partial charge in [-0.25, -0.2) is 4.39 Å². The molecule has 0 N–H and O–H groups in total. The number of hydrogen-bond acceptors (Lipinski definition) is 1. The van der Waals surface area contributed by atoms with Gasteiger partial charge in [0, 0.05) is 10.9 Å². The van der Waals surface area contributed by atoms with E-state index in [1.165, 1.54) is 12.1 Å². The molecule has 98 valence electrons. The van der Waals surface area contributed by atoms with Crippen molar-refractivity contribution in [3.05, 3.63) is 53.3 Å². The standard InChI is InChI=1S/C17H12B2FN/c1-9-5-10(2)7-11(6-9)16-13-4-3-12(20)8-14(13)15(18)17(19)21-16/h3-8H,1-2H3. The maximum absolute atomic E-state index is 13.5. The van der Waals surface area contributed by atoms with Gasteiger partial charge in [0.25, 0.3) is 0 Å². The largest absolute Gasteiger partial charge is 0.264 e. The van der Waals surface area contributed by atoms with Gasteiger partial charge in [-0.2, -0.15) is 0 Å². The SMILES string of the molecule is [B]c1nc(-c2cc(C)cc(C)c2)c2ccc(F)cc2c1[B]. The average molecular weight is 271 g/mol. The summed E-state index contributed by atoms with van der Waals surface area (Å²) in [6.45, 7) is 4.05. The first-order valence-electron chi connectivity index (χ1n) is 6.68. The first kappa shape index (κ1) is 13.9. The van der Waals surface area contributed by atoms with Gasteiger partial charge < -0.3 is 0 Å². The number of aromatic nitrogens is 1. The molecule has 0 bridgehead atoms. The summed E-state index contributed by atoms with van der Waals surface area (Å²) >= 11 is 0. The molecule has 2 aromatic carbocycles. The van der Waals surface area contributed by atoms with Crippen LogP contribution in [-0.4, -0.2) is 20.7 Å². The minimum atomic E-state index is -0.342. The first-order valence-corrected chi connectivity index (χ1v) is 6.68. The zero-order valence-electron chi connectivity index (χ0n) is 11.9. The van der Waals surface area contributed by atoms with E-state index in [4.69, 9.17) is 15.7 Å². The summed E-state index contributed by atoms with van der Waals surface area (Å²) in [6, 6.07) is 10.7. The average Bonchev–Trinajstić information content (AvgIpc) is 2.42. The minimum absolute atomic E-state index is 0.224. The van der Waals surface area contributed by atoms with Crippen LogP contribution in [-0.2, 0) is 0 Å². The normalized spacial score (nSPS) is 11.0. The fourth-order valence-corrected chi connectivity index (χ4v) is 2.66. The molecule has 0 fully saturated rings. The number of benzene rings is 2. The second-order valence-electron chi connectivity index (χ2n) is 5.33. The van der Waals surface area contributed by atoms with Gasteiger partial charge in [0.05, 0.1) is 5.69 Å². The third-order valence-electron chi connectivity index (χ3n) is 3.53. The lowest BCUT2D eigenvalue weighted by molar-refractivity contribution is 0.630. The molecule has 0 aliphatic rings. The number of rotatable bonds is 1. The Hall–Kier alpha value is -2.09. The summed E-state index contributed by atoms with van der Waals surface area (Å²) in [5, 5.41) is 1.39. The van der Waals surface area contributed by atoms with Crippen LogP contribution in [0.5, 0.6) is 0 Å². The predicted octanol–water partition coefficient (Wildman–Crippen LogP) is 2.25. The van der Waals surface area contributed by atoms with Crippen LogP contribution in [0.1, 0.15) is 11.1 Å². The summed E-state index contributed by atoms with van der Waals surface area (Å²) in [7, 11) is 11.8. The molecule has 0 aliphatic heterocycles. The summed E-state index contributed by atoms with van der Waals surface area (Å²) < 4.78 is 13.5. The summed E-state index contributed by atoms with van der Waals surface area (Å²) in [4.78, 5) is 4.41. The predicted molar refractivity (Wildman–Crippen MR) is 87.4 cm³/mol. The number of fused-ring (bicyclic) bond motifs is 1. The monoisotopic (exact) mass is 271 g/mol. The first-order chi connectivity index (χ1) is 9.95. The Kier molecular flexibility index (Phi) is 3.32. The van der Waals surface area contributed by atoms with Crippen LogP contribution in [0.15, 0.2) is 36.4 Å². The molecular formula is C17H12B2FN. The highest BCUT2D eigenvalue weighted by Crippen LogP contribution is 2.27. The maximum Gasteiger partial charge on any atom is 0.140 e. The van der Waals surface area contributed by atoms with E-state index < -0.39 is 0 Å². The number of pyridine rings is 1. The van der Waals surface area contributed by atoms with Crippen LogP contribution in [0.4, 0.5) is 4.39 Å². The maximum atomic E-state index is 13.5. The smallest absolute Gasteiger partial charge is 0.140 e. The molecular weight excluding hydrogens is 259 g/mol. The molecule has 1 heterocycles. The lowest BCUT2D eigenvalue weighted by Crippen LogP contribution is -2.30. The fraction of sp³-hybridized carbons (Fsp3) is 0.118. The van der Waals surface area contributed by atoms with Crippen molar-refractivity contribution in [1.29, 1.82) is 0 Å². The van der Waals surface area contributed by atoms with Gasteiger partial charge >= 0.3 is 0 Å². The van der Waals surface area contributed by atoms with Crippen molar-refractivity contribution in [1.82, 2.24) is 4.98 Å². The van der Waals surface area contributed by atoms with Crippen molar-refractivity contribution in [2.75, 3.05) is 0 Å². The van der Waals surface area contributed by atoms with Crippen molar-refractivity contribution in [3.63, 3.8) is 0 Å². The quantitative estimate of drug-likeness (QED) is 0.618. The molecule has 0 saturated heterocycles. The van der Waals surface area contributed by atoms with E-state index >= 15 is 0 Å². The fourth-order valence-electron chi connectivity index (χ4n) is 2.66. The van der Waals surface area contributed by atoms with E-state index in [-0.39, 0.29) is 11.4 Å². The third kappa shape index (κ3) is 2.46. The Morgan fingerprint density at radius 1 is 0.905 bits per heavy atom. The molecule has 1 nitrogen and oxygen atoms in total. The Morgan fingerprint density at radius 3 is 2.24 bits per heavy atom. The highest BCUT2D eigenvalue weighted by Gasteiger charge is 2.11. The van der Waals surface area contributed by atoms with Crippen LogP contribution in [0.3, 0.4) is 0 Å². The van der Waals surface area contributed by atoms with E-state index in [1.54, 1.807) is 6.07 Å². The number of nitrogens with zero attached hydrogens (tertiary/aromatic N) is 1. The molecule has 3 rings (SSSR count).